The Balaban J connectivity index is 0.000000423. The third-order valence-corrected chi connectivity index (χ3v) is 5.02. The van der Waals surface area contributed by atoms with Gasteiger partial charge in [0.25, 0.3) is 5.91 Å². The molecule has 0 aliphatic carbocycles. The number of piperidine rings is 1. The number of hydrogen-bond acceptors (Lipinski definition) is 7. The highest BCUT2D eigenvalue weighted by atomic mass is 32.2. The summed E-state index contributed by atoms with van der Waals surface area (Å²) in [4.78, 5) is 23.4. The Kier molecular flexibility index (Phi) is 8.92. The maximum atomic E-state index is 12.6. The van der Waals surface area contributed by atoms with Gasteiger partial charge >= 0.3 is 12.1 Å². The molecule has 0 radical (unpaired) electrons. The molecule has 2 aromatic heterocycles. The van der Waals surface area contributed by atoms with Gasteiger partial charge in [-0.25, -0.2) is 4.79 Å². The molecule has 9 nitrogen and oxygen atoms in total. The second-order valence-corrected chi connectivity index (χ2v) is 7.76. The van der Waals surface area contributed by atoms with Crippen LogP contribution >= 0.6 is 11.8 Å². The second kappa shape index (κ2) is 11.2. The Bertz CT molecular complexity index is 870. The van der Waals surface area contributed by atoms with Crippen molar-refractivity contribution in [3.05, 3.63) is 35.5 Å². The minimum Gasteiger partial charge on any atom is -0.475 e. The summed E-state index contributed by atoms with van der Waals surface area (Å²) >= 11 is 1.68. The Morgan fingerprint density at radius 3 is 2.68 bits per heavy atom. The Labute approximate surface area is 180 Å². The Hall–Kier alpha value is -2.54. The minimum atomic E-state index is -5.08. The van der Waals surface area contributed by atoms with Crippen LogP contribution in [0.2, 0.25) is 0 Å². The molecule has 2 aromatic rings. The zero-order valence-corrected chi connectivity index (χ0v) is 17.7. The summed E-state index contributed by atoms with van der Waals surface area (Å²) in [6, 6.07) is 3.66. The van der Waals surface area contributed by atoms with Gasteiger partial charge in [0.05, 0.1) is 11.4 Å². The number of carbonyl (C=O) groups excluding carboxylic acids is 1. The second-order valence-electron chi connectivity index (χ2n) is 6.90. The van der Waals surface area contributed by atoms with Gasteiger partial charge in [0.1, 0.15) is 5.76 Å². The first-order chi connectivity index (χ1) is 14.6. The predicted octanol–water partition coefficient (Wildman–Crippen LogP) is 2.38. The van der Waals surface area contributed by atoms with E-state index in [2.05, 4.69) is 10.3 Å². The van der Waals surface area contributed by atoms with Crippen molar-refractivity contribution < 1.29 is 32.3 Å². The molecule has 0 aromatic carbocycles. The third-order valence-electron chi connectivity index (χ3n) is 4.45. The van der Waals surface area contributed by atoms with Gasteiger partial charge in [-0.3, -0.25) is 9.48 Å². The highest BCUT2D eigenvalue weighted by molar-refractivity contribution is 7.97. The van der Waals surface area contributed by atoms with Crippen molar-refractivity contribution in [3.63, 3.8) is 0 Å². The molecule has 13 heteroatoms. The van der Waals surface area contributed by atoms with Crippen LogP contribution in [-0.2, 0) is 23.6 Å². The number of thioether (sulfide) groups is 1. The van der Waals surface area contributed by atoms with Crippen molar-refractivity contribution in [2.75, 3.05) is 19.3 Å². The molecule has 1 unspecified atom stereocenters. The average Bonchev–Trinajstić information content (AvgIpc) is 3.37. The van der Waals surface area contributed by atoms with Crippen LogP contribution in [0, 0.1) is 5.92 Å². The summed E-state index contributed by atoms with van der Waals surface area (Å²) in [5, 5.41) is 15.2. The number of halogens is 3. The molecule has 0 bridgehead atoms. The highest BCUT2D eigenvalue weighted by Gasteiger charge is 2.38. The van der Waals surface area contributed by atoms with E-state index >= 15 is 0 Å². The largest absolute Gasteiger partial charge is 0.490 e. The molecule has 1 atom stereocenters. The topological polar surface area (TPSA) is 127 Å². The van der Waals surface area contributed by atoms with Crippen LogP contribution < -0.4 is 5.73 Å². The first-order valence-corrected chi connectivity index (χ1v) is 10.8. The van der Waals surface area contributed by atoms with Crippen molar-refractivity contribution in [2.24, 2.45) is 11.7 Å². The lowest BCUT2D eigenvalue weighted by Gasteiger charge is -2.32. The summed E-state index contributed by atoms with van der Waals surface area (Å²) < 4.78 is 39.2. The van der Waals surface area contributed by atoms with E-state index in [0.29, 0.717) is 18.2 Å². The molecule has 1 aliphatic heterocycles. The SMILES string of the molecule is CSCc1ccc(C(=O)N2CCCC(Cn3cc(CN)nn3)C2)o1.O=C(O)C(F)(F)F. The number of aromatic nitrogens is 3. The fourth-order valence-electron chi connectivity index (χ4n) is 3.05. The van der Waals surface area contributed by atoms with E-state index in [1.54, 1.807) is 17.8 Å². The molecule has 3 N–H and O–H groups in total. The lowest BCUT2D eigenvalue weighted by Crippen LogP contribution is -2.41. The summed E-state index contributed by atoms with van der Waals surface area (Å²) in [6.45, 7) is 2.65. The lowest BCUT2D eigenvalue weighted by molar-refractivity contribution is -0.192. The number of furan rings is 1. The number of nitrogens with two attached hydrogens (primary N) is 1. The summed E-state index contributed by atoms with van der Waals surface area (Å²) in [5.74, 6) is -0.343. The number of likely N-dealkylation sites (tertiary alicyclic amines) is 1. The Morgan fingerprint density at radius 2 is 2.10 bits per heavy atom. The standard InChI is InChI=1S/C16H23N5O2S.C2HF3O2/c1-24-11-14-4-5-15(23-14)16(22)20-6-2-3-12(8-20)9-21-10-13(7-17)18-19-21;3-2(4,5)1(6)7/h4-5,10,12H,2-3,6-9,11,17H2,1H3;(H,6,7). The summed E-state index contributed by atoms with van der Waals surface area (Å²) in [7, 11) is 0. The highest BCUT2D eigenvalue weighted by Crippen LogP contribution is 2.22. The number of carbonyl (C=O) groups is 2. The van der Waals surface area contributed by atoms with Gasteiger partial charge in [0.15, 0.2) is 5.76 Å². The Morgan fingerprint density at radius 1 is 1.39 bits per heavy atom. The molecule has 1 fully saturated rings. The molecule has 1 saturated heterocycles. The van der Waals surface area contributed by atoms with Crippen LogP contribution in [0.15, 0.2) is 22.7 Å². The number of amides is 1. The van der Waals surface area contributed by atoms with Crippen molar-refractivity contribution in [2.45, 2.75) is 37.9 Å². The summed E-state index contributed by atoms with van der Waals surface area (Å²) in [6.07, 6.45) is 0.881. The number of carboxylic acids is 1. The molecule has 3 heterocycles. The number of aliphatic carboxylic acids is 1. The lowest BCUT2D eigenvalue weighted by atomic mass is 9.98. The van der Waals surface area contributed by atoms with Gasteiger partial charge < -0.3 is 20.2 Å². The van der Waals surface area contributed by atoms with E-state index in [1.807, 2.05) is 28.1 Å². The van der Waals surface area contributed by atoms with Gasteiger partial charge in [-0.1, -0.05) is 5.21 Å². The maximum Gasteiger partial charge on any atom is 0.490 e. The number of carboxylic acid groups (broad SMARTS) is 1. The van der Waals surface area contributed by atoms with Crippen molar-refractivity contribution in [1.82, 2.24) is 19.9 Å². The van der Waals surface area contributed by atoms with Gasteiger partial charge in [0, 0.05) is 32.4 Å². The van der Waals surface area contributed by atoms with E-state index in [9.17, 15) is 18.0 Å². The quantitative estimate of drug-likeness (QED) is 0.668. The third kappa shape index (κ3) is 7.58. The number of hydrogen-bond donors (Lipinski definition) is 2. The first kappa shape index (κ1) is 24.7. The number of nitrogens with zero attached hydrogens (tertiary/aromatic N) is 4. The molecular weight excluding hydrogens is 439 g/mol. The van der Waals surface area contributed by atoms with Gasteiger partial charge in [0.2, 0.25) is 0 Å². The van der Waals surface area contributed by atoms with Crippen LogP contribution in [0.4, 0.5) is 13.2 Å². The smallest absolute Gasteiger partial charge is 0.475 e. The van der Waals surface area contributed by atoms with Crippen molar-refractivity contribution >= 4 is 23.6 Å². The molecule has 3 rings (SSSR count). The van der Waals surface area contributed by atoms with Gasteiger partial charge in [-0.2, -0.15) is 24.9 Å². The summed E-state index contributed by atoms with van der Waals surface area (Å²) in [5.41, 5.74) is 6.35. The van der Waals surface area contributed by atoms with E-state index in [1.165, 1.54) is 0 Å². The van der Waals surface area contributed by atoms with Gasteiger partial charge in [-0.05, 0) is 37.1 Å². The molecule has 1 amide bonds. The van der Waals surface area contributed by atoms with Crippen molar-refractivity contribution in [3.8, 4) is 0 Å². The minimum absolute atomic E-state index is 0.0201. The molecule has 31 heavy (non-hydrogen) atoms. The predicted molar refractivity (Wildman–Crippen MR) is 106 cm³/mol. The van der Waals surface area contributed by atoms with Gasteiger partial charge in [-0.15, -0.1) is 5.10 Å². The molecule has 172 valence electrons. The molecule has 1 aliphatic rings. The van der Waals surface area contributed by atoms with Crippen LogP contribution in [0.5, 0.6) is 0 Å². The monoisotopic (exact) mass is 463 g/mol. The van der Waals surface area contributed by atoms with E-state index in [0.717, 1.165) is 49.7 Å². The van der Waals surface area contributed by atoms with Crippen LogP contribution in [0.3, 0.4) is 0 Å². The van der Waals surface area contributed by atoms with Crippen LogP contribution in [-0.4, -0.2) is 62.4 Å². The average molecular weight is 463 g/mol. The maximum absolute atomic E-state index is 12.6. The van der Waals surface area contributed by atoms with Crippen LogP contribution in [0.1, 0.15) is 34.9 Å². The van der Waals surface area contributed by atoms with E-state index < -0.39 is 12.1 Å². The molecule has 0 saturated carbocycles. The fourth-order valence-corrected chi connectivity index (χ4v) is 3.49. The number of alkyl halides is 3. The first-order valence-electron chi connectivity index (χ1n) is 9.40. The fraction of sp³-hybridized carbons (Fsp3) is 0.556. The normalized spacial score (nSPS) is 16.5. The molecule has 0 spiro atoms. The molecular formula is C18H24F3N5O4S. The zero-order valence-electron chi connectivity index (χ0n) is 16.8. The van der Waals surface area contributed by atoms with Crippen LogP contribution in [0.25, 0.3) is 0 Å². The number of rotatable bonds is 6. The van der Waals surface area contributed by atoms with E-state index in [-0.39, 0.29) is 5.91 Å². The van der Waals surface area contributed by atoms with Crippen molar-refractivity contribution in [1.29, 1.82) is 0 Å². The van der Waals surface area contributed by atoms with E-state index in [4.69, 9.17) is 20.1 Å². The zero-order chi connectivity index (χ0) is 23.0.